The molecule has 1 rings (SSSR count). The summed E-state index contributed by atoms with van der Waals surface area (Å²) in [5.74, 6) is 0. The first-order valence-electron chi connectivity index (χ1n) is 6.27. The van der Waals surface area contributed by atoms with Gasteiger partial charge in [0.05, 0.1) is 28.3 Å². The lowest BCUT2D eigenvalue weighted by molar-refractivity contribution is -0.384. The van der Waals surface area contributed by atoms with Crippen LogP contribution in [0.4, 0.5) is 16.2 Å². The Morgan fingerprint density at radius 2 is 2.10 bits per heavy atom. The number of benzene rings is 1. The summed E-state index contributed by atoms with van der Waals surface area (Å²) in [5.41, 5.74) is -0.218. The summed E-state index contributed by atoms with van der Waals surface area (Å²) in [6.07, 6.45) is 0. The van der Waals surface area contributed by atoms with E-state index in [9.17, 15) is 20.0 Å². The van der Waals surface area contributed by atoms with Crippen LogP contribution in [-0.4, -0.2) is 28.7 Å². The van der Waals surface area contributed by atoms with Crippen molar-refractivity contribution in [2.24, 2.45) is 5.41 Å². The van der Waals surface area contributed by atoms with Gasteiger partial charge in [-0.3, -0.25) is 10.1 Å². The van der Waals surface area contributed by atoms with Gasteiger partial charge in [-0.15, -0.1) is 0 Å². The standard InChI is InChI=1S/C13H18ClN3O4/c1-13(2,3)11(7-18)16-12(19)15-10-5-4-8(17(20)21)6-9(10)14/h4-6,11,18H,7H2,1-3H3,(H2,15,16,19)/t11-/m1/s1. The van der Waals surface area contributed by atoms with Crippen molar-refractivity contribution >= 4 is 29.0 Å². The molecule has 0 fully saturated rings. The monoisotopic (exact) mass is 315 g/mol. The third-order valence-electron chi connectivity index (χ3n) is 2.94. The molecule has 0 aliphatic heterocycles. The van der Waals surface area contributed by atoms with E-state index in [1.807, 2.05) is 20.8 Å². The second-order valence-electron chi connectivity index (χ2n) is 5.62. The van der Waals surface area contributed by atoms with Crippen LogP contribution in [-0.2, 0) is 0 Å². The topological polar surface area (TPSA) is 104 Å². The normalized spacial score (nSPS) is 12.6. The van der Waals surface area contributed by atoms with Gasteiger partial charge in [-0.1, -0.05) is 32.4 Å². The largest absolute Gasteiger partial charge is 0.394 e. The molecule has 8 heteroatoms. The van der Waals surface area contributed by atoms with Crippen LogP contribution in [0.3, 0.4) is 0 Å². The molecule has 0 spiro atoms. The Morgan fingerprint density at radius 3 is 2.52 bits per heavy atom. The number of nitro benzene ring substituents is 1. The van der Waals surface area contributed by atoms with Gasteiger partial charge in [-0.05, 0) is 11.5 Å². The molecule has 0 aromatic heterocycles. The van der Waals surface area contributed by atoms with Crippen molar-refractivity contribution in [3.63, 3.8) is 0 Å². The van der Waals surface area contributed by atoms with Gasteiger partial charge in [0.1, 0.15) is 0 Å². The van der Waals surface area contributed by atoms with Crippen molar-refractivity contribution in [1.82, 2.24) is 5.32 Å². The maximum absolute atomic E-state index is 11.9. The van der Waals surface area contributed by atoms with Crippen LogP contribution in [0.25, 0.3) is 0 Å². The third kappa shape index (κ3) is 4.87. The molecule has 0 saturated carbocycles. The summed E-state index contributed by atoms with van der Waals surface area (Å²) in [6, 6.07) is 2.78. The quantitative estimate of drug-likeness (QED) is 0.587. The van der Waals surface area contributed by atoms with E-state index in [2.05, 4.69) is 10.6 Å². The number of urea groups is 1. The number of aliphatic hydroxyl groups is 1. The molecule has 0 bridgehead atoms. The van der Waals surface area contributed by atoms with Crippen LogP contribution >= 0.6 is 11.6 Å². The van der Waals surface area contributed by atoms with Gasteiger partial charge >= 0.3 is 6.03 Å². The number of nitrogens with zero attached hydrogens (tertiary/aromatic N) is 1. The van der Waals surface area contributed by atoms with Gasteiger partial charge in [0.15, 0.2) is 0 Å². The summed E-state index contributed by atoms with van der Waals surface area (Å²) in [7, 11) is 0. The molecule has 0 radical (unpaired) electrons. The maximum atomic E-state index is 11.9. The van der Waals surface area contributed by atoms with E-state index in [1.54, 1.807) is 0 Å². The molecular weight excluding hydrogens is 298 g/mol. The molecule has 21 heavy (non-hydrogen) atoms. The van der Waals surface area contributed by atoms with E-state index in [0.717, 1.165) is 6.07 Å². The molecule has 3 N–H and O–H groups in total. The van der Waals surface area contributed by atoms with E-state index < -0.39 is 17.0 Å². The first kappa shape index (κ1) is 17.2. The number of hydrogen-bond donors (Lipinski definition) is 3. The molecule has 0 heterocycles. The predicted octanol–water partition coefficient (Wildman–Crippen LogP) is 2.78. The van der Waals surface area contributed by atoms with Crippen molar-refractivity contribution in [1.29, 1.82) is 0 Å². The van der Waals surface area contributed by atoms with Gasteiger partial charge in [-0.2, -0.15) is 0 Å². The zero-order chi connectivity index (χ0) is 16.2. The van der Waals surface area contributed by atoms with Gasteiger partial charge in [0.2, 0.25) is 0 Å². The van der Waals surface area contributed by atoms with Crippen LogP contribution in [0.5, 0.6) is 0 Å². The van der Waals surface area contributed by atoms with Crippen molar-refractivity contribution in [3.8, 4) is 0 Å². The highest BCUT2D eigenvalue weighted by atomic mass is 35.5. The first-order valence-corrected chi connectivity index (χ1v) is 6.65. The number of anilines is 1. The summed E-state index contributed by atoms with van der Waals surface area (Å²) < 4.78 is 0. The molecule has 0 aliphatic rings. The van der Waals surface area contributed by atoms with Gasteiger partial charge < -0.3 is 15.7 Å². The fourth-order valence-corrected chi connectivity index (χ4v) is 1.79. The van der Waals surface area contributed by atoms with Crippen molar-refractivity contribution in [2.75, 3.05) is 11.9 Å². The Balaban J connectivity index is 2.77. The van der Waals surface area contributed by atoms with Gasteiger partial charge in [0, 0.05) is 12.1 Å². The maximum Gasteiger partial charge on any atom is 0.319 e. The number of halogens is 1. The van der Waals surface area contributed by atoms with Crippen LogP contribution in [0.1, 0.15) is 20.8 Å². The summed E-state index contributed by atoms with van der Waals surface area (Å²) in [6.45, 7) is 5.44. The molecule has 0 saturated heterocycles. The van der Waals surface area contributed by atoms with E-state index in [4.69, 9.17) is 11.6 Å². The Bertz CT molecular complexity index is 543. The lowest BCUT2D eigenvalue weighted by atomic mass is 9.87. The van der Waals surface area contributed by atoms with Crippen molar-refractivity contribution in [2.45, 2.75) is 26.8 Å². The van der Waals surface area contributed by atoms with E-state index in [1.165, 1.54) is 12.1 Å². The van der Waals surface area contributed by atoms with Crippen LogP contribution in [0.15, 0.2) is 18.2 Å². The number of nitro groups is 1. The first-order chi connectivity index (χ1) is 9.65. The minimum Gasteiger partial charge on any atom is -0.394 e. The number of hydrogen-bond acceptors (Lipinski definition) is 4. The van der Waals surface area contributed by atoms with Crippen LogP contribution in [0, 0.1) is 15.5 Å². The number of carbonyl (C=O) groups excluding carboxylic acids is 1. The average molecular weight is 316 g/mol. The van der Waals surface area contributed by atoms with Gasteiger partial charge in [0.25, 0.3) is 5.69 Å². The molecule has 116 valence electrons. The summed E-state index contributed by atoms with van der Waals surface area (Å²) in [5, 5.41) is 25.1. The van der Waals surface area contributed by atoms with E-state index in [-0.39, 0.29) is 28.4 Å². The number of amides is 2. The lowest BCUT2D eigenvalue weighted by Gasteiger charge is -2.29. The number of rotatable bonds is 4. The Labute approximate surface area is 127 Å². The molecule has 2 amide bonds. The second-order valence-corrected chi connectivity index (χ2v) is 6.03. The average Bonchev–Trinajstić information content (AvgIpc) is 2.36. The fourth-order valence-electron chi connectivity index (χ4n) is 1.57. The van der Waals surface area contributed by atoms with Crippen molar-refractivity contribution in [3.05, 3.63) is 33.3 Å². The molecule has 1 aromatic rings. The highest BCUT2D eigenvalue weighted by Gasteiger charge is 2.25. The smallest absolute Gasteiger partial charge is 0.319 e. The highest BCUT2D eigenvalue weighted by Crippen LogP contribution is 2.26. The third-order valence-corrected chi connectivity index (χ3v) is 3.26. The number of carbonyl (C=O) groups is 1. The Kier molecular flexibility index (Phi) is 5.51. The summed E-state index contributed by atoms with van der Waals surface area (Å²) >= 11 is 5.88. The molecule has 1 atom stereocenters. The van der Waals surface area contributed by atoms with Crippen LogP contribution in [0.2, 0.25) is 5.02 Å². The van der Waals surface area contributed by atoms with Gasteiger partial charge in [-0.25, -0.2) is 4.79 Å². The molecule has 1 aromatic carbocycles. The SMILES string of the molecule is CC(C)(C)[C@@H](CO)NC(=O)Nc1ccc([N+](=O)[O-])cc1Cl. The fraction of sp³-hybridized carbons (Fsp3) is 0.462. The number of non-ortho nitro benzene ring substituents is 1. The minimum atomic E-state index is -0.572. The van der Waals surface area contributed by atoms with Crippen molar-refractivity contribution < 1.29 is 14.8 Å². The molecule has 7 nitrogen and oxygen atoms in total. The second kappa shape index (κ2) is 6.73. The number of nitrogens with one attached hydrogen (secondary N) is 2. The Hall–Kier alpha value is -1.86. The molecule has 0 unspecified atom stereocenters. The molecular formula is C13H18ClN3O4. The zero-order valence-electron chi connectivity index (χ0n) is 12.0. The zero-order valence-corrected chi connectivity index (χ0v) is 12.8. The highest BCUT2D eigenvalue weighted by molar-refractivity contribution is 6.33. The number of aliphatic hydroxyl groups excluding tert-OH is 1. The van der Waals surface area contributed by atoms with Crippen LogP contribution < -0.4 is 10.6 Å². The summed E-state index contributed by atoms with van der Waals surface area (Å²) in [4.78, 5) is 21.9. The lowest BCUT2D eigenvalue weighted by Crippen LogP contribution is -2.47. The Morgan fingerprint density at radius 1 is 1.48 bits per heavy atom. The van der Waals surface area contributed by atoms with E-state index in [0.29, 0.717) is 0 Å². The molecule has 0 aliphatic carbocycles. The predicted molar refractivity (Wildman–Crippen MR) is 80.6 cm³/mol. The minimum absolute atomic E-state index is 0.0654. The van der Waals surface area contributed by atoms with E-state index >= 15 is 0 Å².